The average Bonchev–Trinajstić information content (AvgIpc) is 2.26. The molecule has 0 bridgehead atoms. The van der Waals surface area contributed by atoms with Gasteiger partial charge in [0.1, 0.15) is 0 Å². The van der Waals surface area contributed by atoms with Crippen LogP contribution in [0.3, 0.4) is 0 Å². The van der Waals surface area contributed by atoms with E-state index in [1.807, 2.05) is 12.3 Å². The number of hydrogen-bond acceptors (Lipinski definition) is 3. The van der Waals surface area contributed by atoms with Crippen molar-refractivity contribution < 1.29 is 14.7 Å². The zero-order valence-electron chi connectivity index (χ0n) is 11.7. The minimum absolute atomic E-state index is 0.0502. The molecule has 1 aromatic carbocycles. The third kappa shape index (κ3) is 5.43. The quantitative estimate of drug-likeness (QED) is 0.781. The van der Waals surface area contributed by atoms with E-state index < -0.39 is 11.4 Å². The molecule has 1 aromatic rings. The summed E-state index contributed by atoms with van der Waals surface area (Å²) in [6.45, 7) is 3.52. The number of carboxylic acid groups (broad SMARTS) is 1. The fraction of sp³-hybridized carbons (Fsp3) is 0.429. The lowest BCUT2D eigenvalue weighted by Gasteiger charge is -2.21. The number of aliphatic carboxylic acids is 1. The van der Waals surface area contributed by atoms with Crippen LogP contribution in [0, 0.1) is 5.41 Å². The molecule has 0 fully saturated rings. The molecule has 110 valence electrons. The van der Waals surface area contributed by atoms with Crippen LogP contribution in [0.15, 0.2) is 23.1 Å². The fourth-order valence-electron chi connectivity index (χ4n) is 1.88. The van der Waals surface area contributed by atoms with Crippen LogP contribution in [0.4, 0.5) is 5.69 Å². The van der Waals surface area contributed by atoms with Crippen LogP contribution in [0.25, 0.3) is 0 Å². The van der Waals surface area contributed by atoms with Crippen molar-refractivity contribution in [3.05, 3.63) is 23.2 Å². The summed E-state index contributed by atoms with van der Waals surface area (Å²) >= 11 is 7.43. The predicted molar refractivity (Wildman–Crippen MR) is 82.5 cm³/mol. The number of thioether (sulfide) groups is 1. The highest BCUT2D eigenvalue weighted by Gasteiger charge is 2.25. The molecule has 20 heavy (non-hydrogen) atoms. The molecule has 6 heteroatoms. The molecular formula is C14H18ClNO3S. The number of benzene rings is 1. The molecule has 0 aromatic heterocycles. The molecule has 0 saturated carbocycles. The number of carbonyl (C=O) groups is 2. The van der Waals surface area contributed by atoms with Gasteiger partial charge >= 0.3 is 5.97 Å². The van der Waals surface area contributed by atoms with Crippen LogP contribution < -0.4 is 5.32 Å². The maximum atomic E-state index is 12.0. The second-order valence-electron chi connectivity index (χ2n) is 5.30. The smallest absolute Gasteiger partial charge is 0.303 e. The second kappa shape index (κ2) is 6.99. The van der Waals surface area contributed by atoms with Crippen LogP contribution in [0.2, 0.25) is 5.02 Å². The normalized spacial score (nSPS) is 11.2. The van der Waals surface area contributed by atoms with Gasteiger partial charge in [-0.05, 0) is 29.9 Å². The summed E-state index contributed by atoms with van der Waals surface area (Å²) in [7, 11) is 0. The molecular weight excluding hydrogens is 298 g/mol. The van der Waals surface area contributed by atoms with Gasteiger partial charge in [-0.25, -0.2) is 0 Å². The Morgan fingerprint density at radius 2 is 2.00 bits per heavy atom. The molecule has 0 saturated heterocycles. The summed E-state index contributed by atoms with van der Waals surface area (Å²) in [6.07, 6.45) is 2.00. The second-order valence-corrected chi connectivity index (χ2v) is 6.59. The highest BCUT2D eigenvalue weighted by atomic mass is 35.5. The Balaban J connectivity index is 2.76. The molecule has 0 radical (unpaired) electrons. The van der Waals surface area contributed by atoms with Gasteiger partial charge in [0.25, 0.3) is 0 Å². The van der Waals surface area contributed by atoms with E-state index in [9.17, 15) is 9.59 Å². The fourth-order valence-corrected chi connectivity index (χ4v) is 2.58. The van der Waals surface area contributed by atoms with Crippen LogP contribution >= 0.6 is 23.4 Å². The summed E-state index contributed by atoms with van der Waals surface area (Å²) in [6, 6.07) is 5.29. The standard InChI is InChI=1S/C14H18ClNO3S/c1-14(2,8-13(18)19)7-12(17)16-10-6-9(15)4-5-11(10)20-3/h4-6H,7-8H2,1-3H3,(H,16,17)(H,18,19). The van der Waals surface area contributed by atoms with Gasteiger partial charge in [-0.3, -0.25) is 9.59 Å². The van der Waals surface area contributed by atoms with Crippen LogP contribution in [0.1, 0.15) is 26.7 Å². The Bertz CT molecular complexity index is 517. The van der Waals surface area contributed by atoms with Gasteiger partial charge in [0.05, 0.1) is 12.1 Å². The zero-order valence-corrected chi connectivity index (χ0v) is 13.3. The topological polar surface area (TPSA) is 66.4 Å². The Hall–Kier alpha value is -1.20. The summed E-state index contributed by atoms with van der Waals surface area (Å²) in [5.41, 5.74) is 0.0645. The third-order valence-electron chi connectivity index (χ3n) is 2.70. The molecule has 0 atom stereocenters. The van der Waals surface area contributed by atoms with Crippen molar-refractivity contribution in [3.63, 3.8) is 0 Å². The first-order valence-corrected chi connectivity index (χ1v) is 7.69. The van der Waals surface area contributed by atoms with Gasteiger partial charge < -0.3 is 10.4 Å². The summed E-state index contributed by atoms with van der Waals surface area (Å²) < 4.78 is 0. The van der Waals surface area contributed by atoms with Crippen LogP contribution in [-0.2, 0) is 9.59 Å². The molecule has 1 amide bonds. The molecule has 0 aliphatic rings. The maximum Gasteiger partial charge on any atom is 0.303 e. The molecule has 0 spiro atoms. The zero-order chi connectivity index (χ0) is 15.3. The first-order chi connectivity index (χ1) is 9.23. The van der Waals surface area contributed by atoms with E-state index in [4.69, 9.17) is 16.7 Å². The number of nitrogens with one attached hydrogen (secondary N) is 1. The van der Waals surface area contributed by atoms with Crippen molar-refractivity contribution in [2.75, 3.05) is 11.6 Å². The molecule has 2 N–H and O–H groups in total. The molecule has 0 heterocycles. The van der Waals surface area contributed by atoms with Crippen molar-refractivity contribution in [3.8, 4) is 0 Å². The van der Waals surface area contributed by atoms with Gasteiger partial charge in [-0.1, -0.05) is 25.4 Å². The molecule has 1 rings (SSSR count). The minimum atomic E-state index is -0.907. The van der Waals surface area contributed by atoms with Crippen molar-refractivity contribution in [1.82, 2.24) is 0 Å². The lowest BCUT2D eigenvalue weighted by atomic mass is 9.85. The Labute approximate surface area is 127 Å². The number of carbonyl (C=O) groups excluding carboxylic acids is 1. The van der Waals surface area contributed by atoms with Crippen molar-refractivity contribution in [1.29, 1.82) is 0 Å². The number of carboxylic acids is 1. The van der Waals surface area contributed by atoms with Gasteiger partial charge in [-0.15, -0.1) is 11.8 Å². The largest absolute Gasteiger partial charge is 0.481 e. The molecule has 0 aliphatic carbocycles. The minimum Gasteiger partial charge on any atom is -0.481 e. The first kappa shape index (κ1) is 16.9. The van der Waals surface area contributed by atoms with E-state index in [-0.39, 0.29) is 18.7 Å². The van der Waals surface area contributed by atoms with E-state index in [1.54, 1.807) is 26.0 Å². The number of amides is 1. The Morgan fingerprint density at radius 3 is 2.55 bits per heavy atom. The van der Waals surface area contributed by atoms with Gasteiger partial charge in [0.15, 0.2) is 0 Å². The first-order valence-electron chi connectivity index (χ1n) is 6.09. The monoisotopic (exact) mass is 315 g/mol. The van der Waals surface area contributed by atoms with E-state index in [0.717, 1.165) is 4.90 Å². The average molecular weight is 316 g/mol. The van der Waals surface area contributed by atoms with E-state index in [0.29, 0.717) is 10.7 Å². The van der Waals surface area contributed by atoms with Gasteiger partial charge in [0, 0.05) is 16.3 Å². The lowest BCUT2D eigenvalue weighted by Crippen LogP contribution is -2.25. The summed E-state index contributed by atoms with van der Waals surface area (Å²) in [5, 5.41) is 12.2. The van der Waals surface area contributed by atoms with Crippen LogP contribution in [0.5, 0.6) is 0 Å². The highest BCUT2D eigenvalue weighted by Crippen LogP contribution is 2.30. The van der Waals surface area contributed by atoms with E-state index in [2.05, 4.69) is 5.32 Å². The van der Waals surface area contributed by atoms with Crippen molar-refractivity contribution in [2.24, 2.45) is 5.41 Å². The van der Waals surface area contributed by atoms with E-state index in [1.165, 1.54) is 11.8 Å². The van der Waals surface area contributed by atoms with E-state index >= 15 is 0 Å². The van der Waals surface area contributed by atoms with Gasteiger partial charge in [-0.2, -0.15) is 0 Å². The number of anilines is 1. The lowest BCUT2D eigenvalue weighted by molar-refractivity contribution is -0.139. The Morgan fingerprint density at radius 1 is 1.35 bits per heavy atom. The predicted octanol–water partition coefficient (Wildman–Crippen LogP) is 3.89. The number of hydrogen-bond donors (Lipinski definition) is 2. The summed E-state index contributed by atoms with van der Waals surface area (Å²) in [5.74, 6) is -1.12. The summed E-state index contributed by atoms with van der Waals surface area (Å²) in [4.78, 5) is 23.7. The SMILES string of the molecule is CSc1ccc(Cl)cc1NC(=O)CC(C)(C)CC(=O)O. The third-order valence-corrected chi connectivity index (χ3v) is 3.74. The van der Waals surface area contributed by atoms with Crippen LogP contribution in [-0.4, -0.2) is 23.2 Å². The number of rotatable bonds is 6. The molecule has 0 aliphatic heterocycles. The van der Waals surface area contributed by atoms with Crippen molar-refractivity contribution >= 4 is 40.9 Å². The molecule has 0 unspecified atom stereocenters. The Kier molecular flexibility index (Phi) is 5.89. The maximum absolute atomic E-state index is 12.0. The highest BCUT2D eigenvalue weighted by molar-refractivity contribution is 7.98. The molecule has 4 nitrogen and oxygen atoms in total. The van der Waals surface area contributed by atoms with Crippen molar-refractivity contribution in [2.45, 2.75) is 31.6 Å². The number of halogens is 1. The van der Waals surface area contributed by atoms with Gasteiger partial charge in [0.2, 0.25) is 5.91 Å².